The molecule has 0 bridgehead atoms. The number of methoxy groups -OCH3 is 1. The highest BCUT2D eigenvalue weighted by atomic mass is 32.2. The van der Waals surface area contributed by atoms with E-state index in [0.29, 0.717) is 17.0 Å². The van der Waals surface area contributed by atoms with Gasteiger partial charge >= 0.3 is 0 Å². The zero-order valence-corrected chi connectivity index (χ0v) is 17.3. The molecule has 0 spiro atoms. The molecule has 0 aliphatic heterocycles. The summed E-state index contributed by atoms with van der Waals surface area (Å²) in [7, 11) is -2.58. The number of nitrogens with one attached hydrogen (secondary N) is 1. The monoisotopic (exact) mass is 432 g/mol. The van der Waals surface area contributed by atoms with Crippen LogP contribution in [-0.2, 0) is 27.9 Å². The molecular weight excluding hydrogens is 411 g/mol. The molecule has 1 N–H and O–H groups in total. The van der Waals surface area contributed by atoms with E-state index in [4.69, 9.17) is 9.15 Å². The molecule has 3 aromatic rings. The van der Waals surface area contributed by atoms with Crippen molar-refractivity contribution in [3.63, 3.8) is 0 Å². The molecule has 1 amide bonds. The number of benzene rings is 2. The Kier molecular flexibility index (Phi) is 6.53. The number of hydrogen-bond donors (Lipinski definition) is 1. The van der Waals surface area contributed by atoms with Crippen LogP contribution >= 0.6 is 0 Å². The predicted octanol–water partition coefficient (Wildman–Crippen LogP) is 3.78. The van der Waals surface area contributed by atoms with Gasteiger partial charge in [0, 0.05) is 19.2 Å². The third-order valence-electron chi connectivity index (χ3n) is 4.30. The van der Waals surface area contributed by atoms with E-state index in [2.05, 4.69) is 5.32 Å². The van der Waals surface area contributed by atoms with E-state index in [-0.39, 0.29) is 29.6 Å². The Balaban J connectivity index is 1.92. The van der Waals surface area contributed by atoms with Crippen LogP contribution in [0.4, 0.5) is 10.1 Å². The minimum absolute atomic E-state index is 0.0313. The van der Waals surface area contributed by atoms with Gasteiger partial charge < -0.3 is 14.5 Å². The molecular formula is C21H21FN2O5S. The first-order valence-electron chi connectivity index (χ1n) is 9.02. The van der Waals surface area contributed by atoms with Crippen LogP contribution in [0.5, 0.6) is 5.75 Å². The number of furan rings is 1. The Morgan fingerprint density at radius 3 is 2.43 bits per heavy atom. The lowest BCUT2D eigenvalue weighted by atomic mass is 10.2. The molecule has 2 aromatic carbocycles. The molecule has 0 saturated carbocycles. The van der Waals surface area contributed by atoms with Crippen LogP contribution in [0, 0.1) is 5.82 Å². The predicted molar refractivity (Wildman–Crippen MR) is 109 cm³/mol. The second kappa shape index (κ2) is 9.10. The van der Waals surface area contributed by atoms with Crippen molar-refractivity contribution in [2.75, 3.05) is 12.4 Å². The molecule has 0 atom stereocenters. The van der Waals surface area contributed by atoms with Crippen molar-refractivity contribution in [3.05, 3.63) is 78.0 Å². The van der Waals surface area contributed by atoms with Gasteiger partial charge in [-0.05, 0) is 54.1 Å². The second-order valence-electron chi connectivity index (χ2n) is 6.53. The summed E-state index contributed by atoms with van der Waals surface area (Å²) >= 11 is 0. The molecule has 0 aliphatic rings. The van der Waals surface area contributed by atoms with Crippen LogP contribution in [-0.4, -0.2) is 25.7 Å². The molecule has 0 aliphatic carbocycles. The fourth-order valence-electron chi connectivity index (χ4n) is 2.88. The van der Waals surface area contributed by atoms with E-state index in [0.717, 1.165) is 0 Å². The highest BCUT2D eigenvalue weighted by Crippen LogP contribution is 2.25. The molecule has 30 heavy (non-hydrogen) atoms. The van der Waals surface area contributed by atoms with Crippen molar-refractivity contribution in [2.45, 2.75) is 24.9 Å². The summed E-state index contributed by atoms with van der Waals surface area (Å²) < 4.78 is 52.1. The number of nitrogens with zero attached hydrogens (tertiary/aromatic N) is 1. The Morgan fingerprint density at radius 1 is 1.13 bits per heavy atom. The molecule has 3 rings (SSSR count). The molecule has 0 fully saturated rings. The van der Waals surface area contributed by atoms with Crippen LogP contribution in [0.1, 0.15) is 18.2 Å². The Morgan fingerprint density at radius 2 is 1.87 bits per heavy atom. The number of ether oxygens (including phenoxy) is 1. The lowest BCUT2D eigenvalue weighted by Gasteiger charge is -2.22. The number of carbonyl (C=O) groups excluding carboxylic acids is 1. The van der Waals surface area contributed by atoms with Crippen LogP contribution in [0.15, 0.2) is 70.2 Å². The molecule has 0 saturated heterocycles. The normalized spacial score (nSPS) is 11.5. The topological polar surface area (TPSA) is 88.8 Å². The standard InChI is InChI=1S/C21H21FN2O5S/c1-15(25)23-17-6-8-19(9-7-17)30(26,27)24(14-18-4-3-11-29-18)13-16-5-10-21(28-2)20(22)12-16/h3-12H,13-14H2,1-2H3,(H,23,25). The van der Waals surface area contributed by atoms with Gasteiger partial charge in [-0.15, -0.1) is 0 Å². The van der Waals surface area contributed by atoms with Crippen LogP contribution in [0.3, 0.4) is 0 Å². The number of sulfonamides is 1. The van der Waals surface area contributed by atoms with Gasteiger partial charge in [0.05, 0.1) is 24.8 Å². The number of halogens is 1. The molecule has 0 unspecified atom stereocenters. The lowest BCUT2D eigenvalue weighted by molar-refractivity contribution is -0.114. The molecule has 9 heteroatoms. The first-order chi connectivity index (χ1) is 14.3. The van der Waals surface area contributed by atoms with Crippen molar-refractivity contribution >= 4 is 21.6 Å². The van der Waals surface area contributed by atoms with Gasteiger partial charge in [-0.3, -0.25) is 4.79 Å². The van der Waals surface area contributed by atoms with Crippen LogP contribution in [0.25, 0.3) is 0 Å². The van der Waals surface area contributed by atoms with Gasteiger partial charge in [-0.1, -0.05) is 6.07 Å². The molecule has 7 nitrogen and oxygen atoms in total. The SMILES string of the molecule is COc1ccc(CN(Cc2ccco2)S(=O)(=O)c2ccc(NC(C)=O)cc2)cc1F. The van der Waals surface area contributed by atoms with Crippen LogP contribution < -0.4 is 10.1 Å². The van der Waals surface area contributed by atoms with E-state index < -0.39 is 15.8 Å². The third kappa shape index (κ3) is 5.05. The van der Waals surface area contributed by atoms with E-state index in [9.17, 15) is 17.6 Å². The smallest absolute Gasteiger partial charge is 0.243 e. The lowest BCUT2D eigenvalue weighted by Crippen LogP contribution is -2.30. The molecule has 0 radical (unpaired) electrons. The summed E-state index contributed by atoms with van der Waals surface area (Å²) in [4.78, 5) is 11.2. The Bertz CT molecular complexity index is 1110. The van der Waals surface area contributed by atoms with Crippen molar-refractivity contribution < 1.29 is 26.8 Å². The summed E-state index contributed by atoms with van der Waals surface area (Å²) in [6.07, 6.45) is 1.45. The summed E-state index contributed by atoms with van der Waals surface area (Å²) in [5.74, 6) is -0.313. The van der Waals surface area contributed by atoms with Crippen molar-refractivity contribution in [3.8, 4) is 5.75 Å². The van der Waals surface area contributed by atoms with Gasteiger partial charge in [-0.25, -0.2) is 12.8 Å². The van der Waals surface area contributed by atoms with E-state index in [1.165, 1.54) is 61.0 Å². The molecule has 1 aromatic heterocycles. The number of amides is 1. The first kappa shape index (κ1) is 21.5. The zero-order valence-electron chi connectivity index (χ0n) is 16.5. The highest BCUT2D eigenvalue weighted by Gasteiger charge is 2.26. The van der Waals surface area contributed by atoms with Crippen molar-refractivity contribution in [1.82, 2.24) is 4.31 Å². The van der Waals surface area contributed by atoms with Crippen LogP contribution in [0.2, 0.25) is 0 Å². The Labute approximate surface area is 174 Å². The second-order valence-corrected chi connectivity index (χ2v) is 8.46. The number of carbonyl (C=O) groups is 1. The van der Waals surface area contributed by atoms with Gasteiger partial charge in [-0.2, -0.15) is 4.31 Å². The maximum absolute atomic E-state index is 14.1. The minimum Gasteiger partial charge on any atom is -0.494 e. The third-order valence-corrected chi connectivity index (χ3v) is 6.11. The van der Waals surface area contributed by atoms with Gasteiger partial charge in [0.15, 0.2) is 11.6 Å². The molecule has 158 valence electrons. The first-order valence-corrected chi connectivity index (χ1v) is 10.5. The molecule has 1 heterocycles. The largest absolute Gasteiger partial charge is 0.494 e. The number of hydrogen-bond acceptors (Lipinski definition) is 5. The van der Waals surface area contributed by atoms with Gasteiger partial charge in [0.2, 0.25) is 15.9 Å². The fourth-order valence-corrected chi connectivity index (χ4v) is 4.27. The number of rotatable bonds is 8. The summed E-state index contributed by atoms with van der Waals surface area (Å²) in [5.41, 5.74) is 0.939. The average molecular weight is 432 g/mol. The summed E-state index contributed by atoms with van der Waals surface area (Å²) in [6.45, 7) is 1.26. The average Bonchev–Trinajstić information content (AvgIpc) is 3.21. The number of anilines is 1. The van der Waals surface area contributed by atoms with E-state index >= 15 is 0 Å². The maximum atomic E-state index is 14.1. The summed E-state index contributed by atoms with van der Waals surface area (Å²) in [6, 6.07) is 13.4. The highest BCUT2D eigenvalue weighted by molar-refractivity contribution is 7.89. The summed E-state index contributed by atoms with van der Waals surface area (Å²) in [5, 5.41) is 2.59. The minimum atomic E-state index is -3.94. The van der Waals surface area contributed by atoms with Crippen molar-refractivity contribution in [1.29, 1.82) is 0 Å². The van der Waals surface area contributed by atoms with E-state index in [1.54, 1.807) is 18.2 Å². The van der Waals surface area contributed by atoms with Gasteiger partial charge in [0.25, 0.3) is 0 Å². The zero-order chi connectivity index (χ0) is 21.7. The van der Waals surface area contributed by atoms with E-state index in [1.807, 2.05) is 0 Å². The maximum Gasteiger partial charge on any atom is 0.243 e. The fraction of sp³-hybridized carbons (Fsp3) is 0.190. The quantitative estimate of drug-likeness (QED) is 0.585. The van der Waals surface area contributed by atoms with Gasteiger partial charge in [0.1, 0.15) is 5.76 Å². The van der Waals surface area contributed by atoms with Crippen molar-refractivity contribution in [2.24, 2.45) is 0 Å². The Hall–Kier alpha value is -3.17.